The summed E-state index contributed by atoms with van der Waals surface area (Å²) in [5.74, 6) is 1.14. The van der Waals surface area contributed by atoms with Gasteiger partial charge in [-0.1, -0.05) is 12.1 Å². The van der Waals surface area contributed by atoms with Crippen molar-refractivity contribution in [3.05, 3.63) is 87.8 Å². The monoisotopic (exact) mass is 498 g/mol. The lowest BCUT2D eigenvalue weighted by Gasteiger charge is -2.12. The molecule has 1 aromatic heterocycles. The number of ether oxygens (including phenoxy) is 3. The Morgan fingerprint density at radius 1 is 0.946 bits per heavy atom. The second kappa shape index (κ2) is 9.93. The van der Waals surface area contributed by atoms with Gasteiger partial charge in [-0.15, -0.1) is 0 Å². The zero-order valence-electron chi connectivity index (χ0n) is 20.8. The van der Waals surface area contributed by atoms with Gasteiger partial charge in [0.25, 0.3) is 0 Å². The SMILES string of the molecule is COc1cccc(-c2cc(C(=O)Cc3cc4ccc(OC(=O)C5CC5)c(C)c4oc3=O)ccc2OC)c1. The maximum atomic E-state index is 13.2. The molecule has 0 saturated heterocycles. The molecule has 0 bridgehead atoms. The van der Waals surface area contributed by atoms with Gasteiger partial charge in [-0.05, 0) is 73.9 Å². The highest BCUT2D eigenvalue weighted by Gasteiger charge is 2.32. The first-order chi connectivity index (χ1) is 17.9. The molecule has 0 aliphatic heterocycles. The lowest BCUT2D eigenvalue weighted by atomic mass is 9.97. The zero-order chi connectivity index (χ0) is 26.1. The van der Waals surface area contributed by atoms with Crippen LogP contribution < -0.4 is 19.8 Å². The summed E-state index contributed by atoms with van der Waals surface area (Å²) in [6.07, 6.45) is 1.56. The van der Waals surface area contributed by atoms with Crippen LogP contribution in [0, 0.1) is 12.8 Å². The highest BCUT2D eigenvalue weighted by molar-refractivity contribution is 5.99. The minimum Gasteiger partial charge on any atom is -0.497 e. The average molecular weight is 499 g/mol. The van der Waals surface area contributed by atoms with Crippen molar-refractivity contribution in [2.45, 2.75) is 26.2 Å². The number of carbonyl (C=O) groups is 2. The number of aryl methyl sites for hydroxylation is 1. The molecule has 0 amide bonds. The van der Waals surface area contributed by atoms with Gasteiger partial charge in [0.05, 0.1) is 20.1 Å². The van der Waals surface area contributed by atoms with E-state index in [1.165, 1.54) is 0 Å². The topological polar surface area (TPSA) is 92.0 Å². The minimum absolute atomic E-state index is 0.0436. The molecule has 188 valence electrons. The van der Waals surface area contributed by atoms with Crippen molar-refractivity contribution in [1.29, 1.82) is 0 Å². The number of methoxy groups -OCH3 is 2. The predicted molar refractivity (Wildman–Crippen MR) is 139 cm³/mol. The Morgan fingerprint density at radius 3 is 2.46 bits per heavy atom. The van der Waals surface area contributed by atoms with E-state index in [1.807, 2.05) is 24.3 Å². The first-order valence-corrected chi connectivity index (χ1v) is 12.0. The van der Waals surface area contributed by atoms with Gasteiger partial charge in [0.15, 0.2) is 5.78 Å². The minimum atomic E-state index is -0.601. The highest BCUT2D eigenvalue weighted by atomic mass is 16.5. The van der Waals surface area contributed by atoms with E-state index in [1.54, 1.807) is 57.5 Å². The summed E-state index contributed by atoms with van der Waals surface area (Å²) >= 11 is 0. The number of Topliss-reactive ketones (excluding diaryl/α,β-unsaturated/α-hetero) is 1. The van der Waals surface area contributed by atoms with Crippen molar-refractivity contribution >= 4 is 22.7 Å². The standard InChI is InChI=1S/C30H26O7/c1-17-26(36-29(32)18-7-8-18)11-10-21-13-22(30(33)37-28(17)21)16-25(31)20-9-12-27(35-3)24(15-20)19-5-4-6-23(14-19)34-2/h4-6,9-15,18H,7-8,16H2,1-3H3. The number of esters is 1. The quantitative estimate of drug-likeness (QED) is 0.137. The van der Waals surface area contributed by atoms with Crippen LogP contribution in [-0.4, -0.2) is 26.0 Å². The molecule has 1 fully saturated rings. The molecular formula is C30H26O7. The van der Waals surface area contributed by atoms with Gasteiger partial charge in [0.1, 0.15) is 22.8 Å². The highest BCUT2D eigenvalue weighted by Crippen LogP contribution is 2.34. The molecule has 7 heteroatoms. The first-order valence-electron chi connectivity index (χ1n) is 12.0. The lowest BCUT2D eigenvalue weighted by Crippen LogP contribution is -2.14. The van der Waals surface area contributed by atoms with E-state index in [0.717, 1.165) is 24.0 Å². The number of ketones is 1. The van der Waals surface area contributed by atoms with Crippen molar-refractivity contribution in [3.63, 3.8) is 0 Å². The van der Waals surface area contributed by atoms with E-state index in [-0.39, 0.29) is 29.7 Å². The summed E-state index contributed by atoms with van der Waals surface area (Å²) in [6.45, 7) is 1.74. The Kier molecular flexibility index (Phi) is 6.53. The lowest BCUT2D eigenvalue weighted by molar-refractivity contribution is -0.135. The van der Waals surface area contributed by atoms with Crippen LogP contribution in [0.15, 0.2) is 69.9 Å². The summed E-state index contributed by atoms with van der Waals surface area (Å²) < 4.78 is 21.9. The molecule has 37 heavy (non-hydrogen) atoms. The van der Waals surface area contributed by atoms with E-state index in [2.05, 4.69) is 0 Å². The molecule has 3 aromatic carbocycles. The third-order valence-electron chi connectivity index (χ3n) is 6.55. The smallest absolute Gasteiger partial charge is 0.339 e. The number of fused-ring (bicyclic) bond motifs is 1. The molecule has 0 spiro atoms. The Hall–Kier alpha value is -4.39. The zero-order valence-corrected chi connectivity index (χ0v) is 20.8. The fraction of sp³-hybridized carbons (Fsp3) is 0.233. The van der Waals surface area contributed by atoms with E-state index < -0.39 is 5.63 Å². The third-order valence-corrected chi connectivity index (χ3v) is 6.55. The normalized spacial score (nSPS) is 12.8. The molecule has 1 aliphatic carbocycles. The number of hydrogen-bond acceptors (Lipinski definition) is 7. The molecule has 0 unspecified atom stereocenters. The number of benzene rings is 3. The Balaban J connectivity index is 1.43. The van der Waals surface area contributed by atoms with Gasteiger partial charge >= 0.3 is 11.6 Å². The Bertz CT molecular complexity index is 1580. The van der Waals surface area contributed by atoms with Gasteiger partial charge < -0.3 is 18.6 Å². The average Bonchev–Trinajstić information content (AvgIpc) is 3.77. The molecule has 1 saturated carbocycles. The van der Waals surface area contributed by atoms with Crippen LogP contribution in [0.3, 0.4) is 0 Å². The van der Waals surface area contributed by atoms with Crippen LogP contribution in [0.1, 0.15) is 34.3 Å². The summed E-state index contributed by atoms with van der Waals surface area (Å²) in [6, 6.07) is 17.7. The molecule has 0 radical (unpaired) electrons. The number of hydrogen-bond donors (Lipinski definition) is 0. The molecule has 0 N–H and O–H groups in total. The summed E-state index contributed by atoms with van der Waals surface area (Å²) in [7, 11) is 3.16. The molecule has 1 aliphatic rings. The van der Waals surface area contributed by atoms with Crippen LogP contribution in [0.2, 0.25) is 0 Å². The summed E-state index contributed by atoms with van der Waals surface area (Å²) in [5.41, 5.74) is 2.57. The van der Waals surface area contributed by atoms with E-state index in [9.17, 15) is 14.4 Å². The fourth-order valence-corrected chi connectivity index (χ4v) is 4.27. The maximum absolute atomic E-state index is 13.2. The second-order valence-electron chi connectivity index (χ2n) is 9.11. The van der Waals surface area contributed by atoms with E-state index in [4.69, 9.17) is 18.6 Å². The third kappa shape index (κ3) is 4.98. The first kappa shape index (κ1) is 24.3. The van der Waals surface area contributed by atoms with Crippen molar-refractivity contribution < 1.29 is 28.2 Å². The molecule has 7 nitrogen and oxygen atoms in total. The maximum Gasteiger partial charge on any atom is 0.339 e. The van der Waals surface area contributed by atoms with Gasteiger partial charge in [0, 0.05) is 34.1 Å². The molecule has 1 heterocycles. The largest absolute Gasteiger partial charge is 0.497 e. The van der Waals surface area contributed by atoms with Gasteiger partial charge in [-0.25, -0.2) is 4.79 Å². The van der Waals surface area contributed by atoms with Crippen LogP contribution in [-0.2, 0) is 11.2 Å². The molecular weight excluding hydrogens is 472 g/mol. The van der Waals surface area contributed by atoms with Crippen molar-refractivity contribution in [2.75, 3.05) is 14.2 Å². The fourth-order valence-electron chi connectivity index (χ4n) is 4.27. The number of rotatable bonds is 8. The van der Waals surface area contributed by atoms with Crippen molar-refractivity contribution in [2.24, 2.45) is 5.92 Å². The van der Waals surface area contributed by atoms with Gasteiger partial charge in [0.2, 0.25) is 0 Å². The summed E-state index contributed by atoms with van der Waals surface area (Å²) in [5, 5.41) is 0.651. The number of carbonyl (C=O) groups excluding carboxylic acids is 2. The van der Waals surface area contributed by atoms with Crippen LogP contribution in [0.4, 0.5) is 0 Å². The van der Waals surface area contributed by atoms with E-state index in [0.29, 0.717) is 39.3 Å². The summed E-state index contributed by atoms with van der Waals surface area (Å²) in [4.78, 5) is 38.1. The van der Waals surface area contributed by atoms with Gasteiger partial charge in [-0.3, -0.25) is 9.59 Å². The van der Waals surface area contributed by atoms with E-state index >= 15 is 0 Å². The predicted octanol–water partition coefficient (Wildman–Crippen LogP) is 5.53. The van der Waals surface area contributed by atoms with Gasteiger partial charge in [-0.2, -0.15) is 0 Å². The van der Waals surface area contributed by atoms with Crippen LogP contribution in [0.25, 0.3) is 22.1 Å². The molecule has 5 rings (SSSR count). The van der Waals surface area contributed by atoms with Crippen molar-refractivity contribution in [3.8, 4) is 28.4 Å². The Morgan fingerprint density at radius 2 is 1.73 bits per heavy atom. The van der Waals surface area contributed by atoms with Crippen molar-refractivity contribution in [1.82, 2.24) is 0 Å². The molecule has 0 atom stereocenters. The second-order valence-corrected chi connectivity index (χ2v) is 9.11. The van der Waals surface area contributed by atoms with Crippen LogP contribution in [0.5, 0.6) is 17.2 Å². The molecule has 4 aromatic rings. The van der Waals surface area contributed by atoms with Crippen LogP contribution >= 0.6 is 0 Å². The Labute approximate surface area is 213 Å².